The maximum Gasteiger partial charge on any atom is 0.320 e. The van der Waals surface area contributed by atoms with E-state index in [0.717, 1.165) is 0 Å². The number of anilines is 1. The molecule has 0 aromatic heterocycles. The van der Waals surface area contributed by atoms with Crippen LogP contribution in [0.2, 0.25) is 0 Å². The minimum Gasteiger partial charge on any atom is -0.468 e. The number of carbonyl (C=O) groups is 1. The molecule has 3 N–H and O–H groups in total. The number of nitrogens with two attached hydrogens (primary N) is 1. The normalized spacial score (nSPS) is 11.1. The van der Waals surface area contributed by atoms with Crippen molar-refractivity contribution in [3.05, 3.63) is 24.3 Å². The second-order valence-electron chi connectivity index (χ2n) is 2.97. The zero-order valence-electron chi connectivity index (χ0n) is 8.64. The smallest absolute Gasteiger partial charge is 0.320 e. The number of hydrogen-bond donors (Lipinski definition) is 2. The van der Waals surface area contributed by atoms with Crippen LogP contribution in [0.1, 0.15) is 0 Å². The van der Waals surface area contributed by atoms with Gasteiger partial charge in [0, 0.05) is 5.69 Å². The number of ether oxygens (including phenoxy) is 1. The Hall–Kier alpha value is -1.60. The first-order chi connectivity index (χ1) is 7.45. The molecule has 0 aliphatic carbocycles. The molecule has 88 valence electrons. The van der Waals surface area contributed by atoms with Gasteiger partial charge < -0.3 is 10.5 Å². The van der Waals surface area contributed by atoms with Crippen LogP contribution >= 0.6 is 0 Å². The number of esters is 1. The Labute approximate surface area is 93.5 Å². The van der Waals surface area contributed by atoms with Gasteiger partial charge in [-0.25, -0.2) is 8.42 Å². The summed E-state index contributed by atoms with van der Waals surface area (Å²) in [7, 11) is -2.51. The maximum atomic E-state index is 11.6. The van der Waals surface area contributed by atoms with Crippen LogP contribution in [0.5, 0.6) is 0 Å². The lowest BCUT2D eigenvalue weighted by Gasteiger charge is -2.05. The van der Waals surface area contributed by atoms with E-state index in [1.807, 2.05) is 0 Å². The summed E-state index contributed by atoms with van der Waals surface area (Å²) in [6.07, 6.45) is 0. The molecule has 6 nitrogen and oxygen atoms in total. The maximum absolute atomic E-state index is 11.6. The van der Waals surface area contributed by atoms with E-state index >= 15 is 0 Å². The molecular weight excluding hydrogens is 232 g/mol. The number of nitrogens with one attached hydrogen (secondary N) is 1. The predicted molar refractivity (Wildman–Crippen MR) is 58.1 cm³/mol. The monoisotopic (exact) mass is 244 g/mol. The number of nitrogen functional groups attached to an aromatic ring is 1. The van der Waals surface area contributed by atoms with Crippen molar-refractivity contribution in [2.24, 2.45) is 0 Å². The highest BCUT2D eigenvalue weighted by Crippen LogP contribution is 2.10. The molecule has 7 heteroatoms. The van der Waals surface area contributed by atoms with Crippen molar-refractivity contribution in [2.75, 3.05) is 19.4 Å². The van der Waals surface area contributed by atoms with Gasteiger partial charge in [0.15, 0.2) is 0 Å². The fourth-order valence-corrected chi connectivity index (χ4v) is 1.93. The summed E-state index contributed by atoms with van der Waals surface area (Å²) in [5.74, 6) is -0.654. The summed E-state index contributed by atoms with van der Waals surface area (Å²) >= 11 is 0. The molecule has 0 amide bonds. The van der Waals surface area contributed by atoms with E-state index in [1.165, 1.54) is 31.4 Å². The van der Waals surface area contributed by atoms with Gasteiger partial charge >= 0.3 is 5.97 Å². The van der Waals surface area contributed by atoms with Crippen LogP contribution in [-0.2, 0) is 19.6 Å². The fourth-order valence-electron chi connectivity index (χ4n) is 0.956. The molecule has 1 aromatic rings. The van der Waals surface area contributed by atoms with Crippen LogP contribution in [0.4, 0.5) is 5.69 Å². The number of hydrogen-bond acceptors (Lipinski definition) is 5. The van der Waals surface area contributed by atoms with Gasteiger partial charge in [0.2, 0.25) is 10.0 Å². The quantitative estimate of drug-likeness (QED) is 0.560. The first-order valence-electron chi connectivity index (χ1n) is 4.38. The third kappa shape index (κ3) is 3.21. The van der Waals surface area contributed by atoms with Crippen molar-refractivity contribution in [1.82, 2.24) is 4.72 Å². The molecule has 0 spiro atoms. The van der Waals surface area contributed by atoms with E-state index in [-0.39, 0.29) is 4.90 Å². The van der Waals surface area contributed by atoms with Gasteiger partial charge in [0.05, 0.1) is 12.0 Å². The largest absolute Gasteiger partial charge is 0.468 e. The van der Waals surface area contributed by atoms with Gasteiger partial charge in [0.25, 0.3) is 0 Å². The van der Waals surface area contributed by atoms with Crippen molar-refractivity contribution >= 4 is 21.7 Å². The van der Waals surface area contributed by atoms with Crippen LogP contribution < -0.4 is 10.5 Å². The van der Waals surface area contributed by atoms with E-state index in [0.29, 0.717) is 5.69 Å². The van der Waals surface area contributed by atoms with E-state index < -0.39 is 22.5 Å². The summed E-state index contributed by atoms with van der Waals surface area (Å²) in [4.78, 5) is 10.8. The Morgan fingerprint density at radius 3 is 2.44 bits per heavy atom. The second-order valence-corrected chi connectivity index (χ2v) is 4.74. The van der Waals surface area contributed by atoms with Gasteiger partial charge in [-0.05, 0) is 24.3 Å². The van der Waals surface area contributed by atoms with Crippen LogP contribution in [0.25, 0.3) is 0 Å². The highest BCUT2D eigenvalue weighted by molar-refractivity contribution is 7.89. The summed E-state index contributed by atoms with van der Waals surface area (Å²) in [6, 6.07) is 5.64. The predicted octanol–water partition coefficient (Wildman–Crippen LogP) is -0.280. The van der Waals surface area contributed by atoms with E-state index in [1.54, 1.807) is 0 Å². The molecule has 16 heavy (non-hydrogen) atoms. The molecule has 0 aliphatic rings. The summed E-state index contributed by atoms with van der Waals surface area (Å²) in [5.41, 5.74) is 5.89. The molecule has 0 saturated carbocycles. The zero-order valence-corrected chi connectivity index (χ0v) is 9.45. The molecule has 0 aliphatic heterocycles. The Balaban J connectivity index is 2.78. The minimum absolute atomic E-state index is 0.0469. The molecular formula is C9H12N2O4S. The van der Waals surface area contributed by atoms with Crippen molar-refractivity contribution in [2.45, 2.75) is 4.90 Å². The summed E-state index contributed by atoms with van der Waals surface area (Å²) < 4.78 is 29.6. The van der Waals surface area contributed by atoms with Crippen molar-refractivity contribution in [3.63, 3.8) is 0 Å². The van der Waals surface area contributed by atoms with Gasteiger partial charge in [-0.15, -0.1) is 0 Å². The van der Waals surface area contributed by atoms with Crippen molar-refractivity contribution in [1.29, 1.82) is 0 Å². The Morgan fingerprint density at radius 2 is 1.94 bits per heavy atom. The first kappa shape index (κ1) is 12.5. The average molecular weight is 244 g/mol. The highest BCUT2D eigenvalue weighted by Gasteiger charge is 2.14. The SMILES string of the molecule is COC(=O)CNS(=O)(=O)c1ccc(N)cc1. The topological polar surface area (TPSA) is 98.5 Å². The number of benzene rings is 1. The molecule has 1 rings (SSSR count). The molecule has 0 fully saturated rings. The number of rotatable bonds is 4. The van der Waals surface area contributed by atoms with E-state index in [9.17, 15) is 13.2 Å². The lowest BCUT2D eigenvalue weighted by molar-refractivity contribution is -0.139. The Kier molecular flexibility index (Phi) is 3.86. The van der Waals surface area contributed by atoms with E-state index in [4.69, 9.17) is 5.73 Å². The lowest BCUT2D eigenvalue weighted by atomic mass is 10.3. The molecule has 0 bridgehead atoms. The number of methoxy groups -OCH3 is 1. The fraction of sp³-hybridized carbons (Fsp3) is 0.222. The zero-order chi connectivity index (χ0) is 12.2. The van der Waals surface area contributed by atoms with Crippen LogP contribution in [-0.4, -0.2) is 28.0 Å². The van der Waals surface area contributed by atoms with Crippen LogP contribution in [0.15, 0.2) is 29.2 Å². The van der Waals surface area contributed by atoms with E-state index in [2.05, 4.69) is 9.46 Å². The first-order valence-corrected chi connectivity index (χ1v) is 5.86. The summed E-state index contributed by atoms with van der Waals surface area (Å²) in [6.45, 7) is -0.400. The van der Waals surface area contributed by atoms with Crippen LogP contribution in [0, 0.1) is 0 Å². The summed E-state index contributed by atoms with van der Waals surface area (Å²) in [5, 5.41) is 0. The van der Waals surface area contributed by atoms with Gasteiger partial charge in [-0.1, -0.05) is 0 Å². The molecule has 0 saturated heterocycles. The van der Waals surface area contributed by atoms with Crippen LogP contribution in [0.3, 0.4) is 0 Å². The molecule has 0 unspecified atom stereocenters. The minimum atomic E-state index is -3.69. The lowest BCUT2D eigenvalue weighted by Crippen LogP contribution is -2.30. The Morgan fingerprint density at radius 1 is 1.38 bits per heavy atom. The standard InChI is InChI=1S/C9H12N2O4S/c1-15-9(12)6-11-16(13,14)8-4-2-7(10)3-5-8/h2-5,11H,6,10H2,1H3. The van der Waals surface area contributed by atoms with Gasteiger partial charge in [-0.2, -0.15) is 4.72 Å². The van der Waals surface area contributed by atoms with Crippen molar-refractivity contribution in [3.8, 4) is 0 Å². The van der Waals surface area contributed by atoms with Gasteiger partial charge in [0.1, 0.15) is 6.54 Å². The Bertz CT molecular complexity index is 467. The third-order valence-electron chi connectivity index (χ3n) is 1.82. The number of sulfonamides is 1. The number of carbonyl (C=O) groups excluding carboxylic acids is 1. The molecule has 0 heterocycles. The molecule has 0 radical (unpaired) electrons. The average Bonchev–Trinajstić information content (AvgIpc) is 2.26. The van der Waals surface area contributed by atoms with Gasteiger partial charge in [-0.3, -0.25) is 4.79 Å². The van der Waals surface area contributed by atoms with Crippen molar-refractivity contribution < 1.29 is 17.9 Å². The highest BCUT2D eigenvalue weighted by atomic mass is 32.2. The molecule has 1 aromatic carbocycles. The molecule has 0 atom stereocenters. The third-order valence-corrected chi connectivity index (χ3v) is 3.24. The second kappa shape index (κ2) is 4.95.